The van der Waals surface area contributed by atoms with Gasteiger partial charge in [-0.25, -0.2) is 4.98 Å². The summed E-state index contributed by atoms with van der Waals surface area (Å²) in [5.41, 5.74) is 0.621. The van der Waals surface area contributed by atoms with Gasteiger partial charge in [0, 0.05) is 9.75 Å². The minimum atomic E-state index is 0.177. The maximum absolute atomic E-state index is 9.77. The number of phenolic OH excluding ortho intramolecular Hbond substituents is 1. The Hall–Kier alpha value is -2.40. The minimum Gasteiger partial charge on any atom is -0.507 e. The van der Waals surface area contributed by atoms with E-state index in [4.69, 9.17) is 0 Å². The zero-order valence-electron chi connectivity index (χ0n) is 10.9. The van der Waals surface area contributed by atoms with E-state index in [0.717, 1.165) is 0 Å². The highest BCUT2D eigenvalue weighted by molar-refractivity contribution is 7.12. The average molecular weight is 283 g/mol. The number of rotatable bonds is 3. The zero-order valence-corrected chi connectivity index (χ0v) is 11.7. The molecule has 0 fully saturated rings. The number of H-pyrrole nitrogens is 1. The summed E-state index contributed by atoms with van der Waals surface area (Å²) < 4.78 is 0. The highest BCUT2D eigenvalue weighted by atomic mass is 32.1. The van der Waals surface area contributed by atoms with Crippen LogP contribution in [0.4, 0.5) is 0 Å². The summed E-state index contributed by atoms with van der Waals surface area (Å²) in [6.07, 6.45) is 3.87. The molecule has 3 aromatic rings. The number of aromatic amines is 1. The van der Waals surface area contributed by atoms with Gasteiger partial charge in [0.05, 0.1) is 5.56 Å². The van der Waals surface area contributed by atoms with Gasteiger partial charge in [-0.1, -0.05) is 12.1 Å². The Morgan fingerprint density at radius 2 is 2.00 bits per heavy atom. The molecule has 0 atom stereocenters. The second kappa shape index (κ2) is 5.30. The third-order valence-electron chi connectivity index (χ3n) is 2.81. The molecule has 0 aliphatic carbocycles. The first-order chi connectivity index (χ1) is 9.72. The van der Waals surface area contributed by atoms with Gasteiger partial charge in [-0.15, -0.1) is 11.3 Å². The number of hydrogen-bond donors (Lipinski definition) is 2. The zero-order chi connectivity index (χ0) is 13.9. The number of aromatic hydroxyl groups is 1. The van der Waals surface area contributed by atoms with E-state index >= 15 is 0 Å². The summed E-state index contributed by atoms with van der Waals surface area (Å²) in [7, 11) is 0. The van der Waals surface area contributed by atoms with Crippen molar-refractivity contribution >= 4 is 23.5 Å². The second-order valence-corrected chi connectivity index (χ2v) is 5.66. The molecule has 2 heterocycles. The van der Waals surface area contributed by atoms with Gasteiger partial charge >= 0.3 is 0 Å². The fourth-order valence-corrected chi connectivity index (χ4v) is 2.62. The molecule has 0 bridgehead atoms. The van der Waals surface area contributed by atoms with Gasteiger partial charge in [-0.3, -0.25) is 5.10 Å². The lowest BCUT2D eigenvalue weighted by atomic mass is 10.2. The fourth-order valence-electron chi connectivity index (χ4n) is 1.84. The summed E-state index contributed by atoms with van der Waals surface area (Å²) in [5, 5.41) is 16.7. The lowest BCUT2D eigenvalue weighted by Gasteiger charge is -1.97. The first-order valence-corrected chi connectivity index (χ1v) is 6.99. The maximum atomic E-state index is 9.77. The van der Waals surface area contributed by atoms with Crippen molar-refractivity contribution in [2.24, 2.45) is 0 Å². The number of nitrogens with one attached hydrogen (secondary N) is 1. The highest BCUT2D eigenvalue weighted by Gasteiger charge is 2.08. The lowest BCUT2D eigenvalue weighted by Crippen LogP contribution is -1.81. The van der Waals surface area contributed by atoms with Crippen molar-refractivity contribution in [3.05, 3.63) is 52.0 Å². The Morgan fingerprint density at radius 3 is 2.75 bits per heavy atom. The van der Waals surface area contributed by atoms with Crippen molar-refractivity contribution in [1.29, 1.82) is 0 Å². The van der Waals surface area contributed by atoms with E-state index in [2.05, 4.69) is 34.2 Å². The average Bonchev–Trinajstić information content (AvgIpc) is 3.06. The van der Waals surface area contributed by atoms with Crippen LogP contribution in [0.25, 0.3) is 23.5 Å². The molecule has 2 N–H and O–H groups in total. The van der Waals surface area contributed by atoms with E-state index in [9.17, 15) is 5.11 Å². The number of hydrogen-bond acceptors (Lipinski definition) is 4. The molecular weight excluding hydrogens is 270 g/mol. The first kappa shape index (κ1) is 12.6. The van der Waals surface area contributed by atoms with Crippen LogP contribution < -0.4 is 0 Å². The van der Waals surface area contributed by atoms with Gasteiger partial charge in [-0.05, 0) is 43.3 Å². The second-order valence-electron chi connectivity index (χ2n) is 4.34. The summed E-state index contributed by atoms with van der Waals surface area (Å²) in [5.74, 6) is 1.33. The molecule has 0 spiro atoms. The molecule has 5 heteroatoms. The van der Waals surface area contributed by atoms with Crippen LogP contribution in [0.5, 0.6) is 5.75 Å². The topological polar surface area (TPSA) is 61.8 Å². The molecule has 0 aliphatic rings. The van der Waals surface area contributed by atoms with Crippen molar-refractivity contribution < 1.29 is 5.11 Å². The molecule has 0 amide bonds. The van der Waals surface area contributed by atoms with E-state index in [1.54, 1.807) is 29.5 Å². The molecule has 100 valence electrons. The van der Waals surface area contributed by atoms with Crippen LogP contribution in [-0.2, 0) is 0 Å². The largest absolute Gasteiger partial charge is 0.507 e. The van der Waals surface area contributed by atoms with Crippen LogP contribution in [0.3, 0.4) is 0 Å². The minimum absolute atomic E-state index is 0.177. The number of thiophene rings is 1. The van der Waals surface area contributed by atoms with Gasteiger partial charge in [0.1, 0.15) is 11.6 Å². The van der Waals surface area contributed by atoms with Gasteiger partial charge in [0.15, 0.2) is 5.82 Å². The SMILES string of the molecule is Cc1ccc(/C=C/c2nc(-c3ccccc3O)n[nH]2)s1. The van der Waals surface area contributed by atoms with Crippen LogP contribution in [-0.4, -0.2) is 20.3 Å². The van der Waals surface area contributed by atoms with Crippen molar-refractivity contribution in [3.8, 4) is 17.1 Å². The number of para-hydroxylation sites is 1. The van der Waals surface area contributed by atoms with Gasteiger partial charge in [0.2, 0.25) is 0 Å². The number of nitrogens with zero attached hydrogens (tertiary/aromatic N) is 2. The molecule has 0 saturated heterocycles. The van der Waals surface area contributed by atoms with E-state index in [-0.39, 0.29) is 5.75 Å². The van der Waals surface area contributed by atoms with E-state index in [1.807, 2.05) is 18.2 Å². The van der Waals surface area contributed by atoms with Crippen molar-refractivity contribution in [2.75, 3.05) is 0 Å². The first-order valence-electron chi connectivity index (χ1n) is 6.17. The third kappa shape index (κ3) is 2.62. The number of aromatic nitrogens is 3. The number of benzene rings is 1. The number of phenols is 1. The Balaban J connectivity index is 1.84. The molecule has 0 radical (unpaired) electrons. The molecule has 1 aromatic carbocycles. The molecule has 3 rings (SSSR count). The van der Waals surface area contributed by atoms with Crippen molar-refractivity contribution in [1.82, 2.24) is 15.2 Å². The van der Waals surface area contributed by atoms with E-state index in [1.165, 1.54) is 9.75 Å². The molecule has 0 saturated carbocycles. The van der Waals surface area contributed by atoms with Gasteiger partial charge in [-0.2, -0.15) is 5.10 Å². The van der Waals surface area contributed by atoms with Crippen molar-refractivity contribution in [3.63, 3.8) is 0 Å². The lowest BCUT2D eigenvalue weighted by molar-refractivity contribution is 0.477. The van der Waals surface area contributed by atoms with Gasteiger partial charge < -0.3 is 5.11 Å². The maximum Gasteiger partial charge on any atom is 0.185 e. The Bertz CT molecular complexity index is 758. The molecule has 0 unspecified atom stereocenters. The third-order valence-corrected chi connectivity index (χ3v) is 3.78. The van der Waals surface area contributed by atoms with E-state index < -0.39 is 0 Å². The van der Waals surface area contributed by atoms with Crippen LogP contribution >= 0.6 is 11.3 Å². The summed E-state index contributed by atoms with van der Waals surface area (Å²) in [4.78, 5) is 6.80. The predicted molar refractivity (Wildman–Crippen MR) is 81.5 cm³/mol. The van der Waals surface area contributed by atoms with Crippen LogP contribution in [0.2, 0.25) is 0 Å². The van der Waals surface area contributed by atoms with Gasteiger partial charge in [0.25, 0.3) is 0 Å². The monoisotopic (exact) mass is 283 g/mol. The Morgan fingerprint density at radius 1 is 1.15 bits per heavy atom. The Labute approximate surface area is 120 Å². The smallest absolute Gasteiger partial charge is 0.185 e. The number of aryl methyl sites for hydroxylation is 1. The van der Waals surface area contributed by atoms with E-state index in [0.29, 0.717) is 17.2 Å². The summed E-state index contributed by atoms with van der Waals surface area (Å²) in [6, 6.07) is 11.2. The quantitative estimate of drug-likeness (QED) is 0.770. The molecule has 20 heavy (non-hydrogen) atoms. The molecule has 0 aliphatic heterocycles. The van der Waals surface area contributed by atoms with Crippen LogP contribution in [0, 0.1) is 6.92 Å². The highest BCUT2D eigenvalue weighted by Crippen LogP contribution is 2.25. The Kier molecular flexibility index (Phi) is 3.35. The fraction of sp³-hybridized carbons (Fsp3) is 0.0667. The van der Waals surface area contributed by atoms with Crippen LogP contribution in [0.15, 0.2) is 36.4 Å². The summed E-state index contributed by atoms with van der Waals surface area (Å²) >= 11 is 1.72. The normalized spacial score (nSPS) is 11.2. The molecular formula is C15H13N3OS. The van der Waals surface area contributed by atoms with Crippen LogP contribution in [0.1, 0.15) is 15.6 Å². The predicted octanol–water partition coefficient (Wildman–Crippen LogP) is 3.72. The molecule has 2 aromatic heterocycles. The summed E-state index contributed by atoms with van der Waals surface area (Å²) in [6.45, 7) is 2.08. The van der Waals surface area contributed by atoms with Crippen molar-refractivity contribution in [2.45, 2.75) is 6.92 Å². The standard InChI is InChI=1S/C15H13N3OS/c1-10-6-7-11(20-10)8-9-14-16-15(18-17-14)12-4-2-3-5-13(12)19/h2-9,19H,1H3,(H,16,17,18)/b9-8+. The molecule has 4 nitrogen and oxygen atoms in total.